The van der Waals surface area contributed by atoms with Gasteiger partial charge in [0.15, 0.2) is 0 Å². The maximum absolute atomic E-state index is 6.47. The van der Waals surface area contributed by atoms with Crippen molar-refractivity contribution in [2.75, 3.05) is 0 Å². The Kier molecular flexibility index (Phi) is 4.50. The SMILES string of the molecule is N[C@@H]1CCCC[C@@H]1P(c1ccccc1)c1ccccc1. The molecule has 1 saturated carbocycles. The molecule has 104 valence electrons. The monoisotopic (exact) mass is 283 g/mol. The zero-order chi connectivity index (χ0) is 13.8. The fourth-order valence-electron chi connectivity index (χ4n) is 3.17. The maximum Gasteiger partial charge on any atom is 0.0113 e. The molecule has 2 aromatic carbocycles. The lowest BCUT2D eigenvalue weighted by atomic mass is 9.96. The zero-order valence-electron chi connectivity index (χ0n) is 11.8. The van der Waals surface area contributed by atoms with E-state index in [2.05, 4.69) is 60.7 Å². The first-order valence-electron chi connectivity index (χ1n) is 7.51. The molecular weight excluding hydrogens is 261 g/mol. The fraction of sp³-hybridized carbons (Fsp3) is 0.333. The van der Waals surface area contributed by atoms with E-state index in [1.54, 1.807) is 0 Å². The minimum absolute atomic E-state index is 0.333. The van der Waals surface area contributed by atoms with Crippen LogP contribution in [-0.4, -0.2) is 11.7 Å². The van der Waals surface area contributed by atoms with Crippen LogP contribution in [0.3, 0.4) is 0 Å². The quantitative estimate of drug-likeness (QED) is 0.859. The van der Waals surface area contributed by atoms with E-state index >= 15 is 0 Å². The second kappa shape index (κ2) is 6.52. The van der Waals surface area contributed by atoms with Crippen LogP contribution in [0.2, 0.25) is 0 Å². The van der Waals surface area contributed by atoms with E-state index in [0.29, 0.717) is 11.7 Å². The van der Waals surface area contributed by atoms with Gasteiger partial charge in [-0.15, -0.1) is 0 Å². The molecule has 0 unspecified atom stereocenters. The Bertz CT molecular complexity index is 486. The number of benzene rings is 2. The van der Waals surface area contributed by atoms with E-state index in [1.165, 1.54) is 36.3 Å². The van der Waals surface area contributed by atoms with Crippen LogP contribution in [0.15, 0.2) is 60.7 Å². The summed E-state index contributed by atoms with van der Waals surface area (Å²) in [5.74, 6) is 0. The molecule has 0 heterocycles. The van der Waals surface area contributed by atoms with Gasteiger partial charge in [-0.3, -0.25) is 0 Å². The van der Waals surface area contributed by atoms with Crippen molar-refractivity contribution in [1.82, 2.24) is 0 Å². The number of hydrogen-bond acceptors (Lipinski definition) is 1. The highest BCUT2D eigenvalue weighted by molar-refractivity contribution is 7.73. The Balaban J connectivity index is 1.99. The van der Waals surface area contributed by atoms with Gasteiger partial charge in [0.05, 0.1) is 0 Å². The van der Waals surface area contributed by atoms with Crippen LogP contribution in [0.5, 0.6) is 0 Å². The number of rotatable bonds is 3. The lowest BCUT2D eigenvalue weighted by Crippen LogP contribution is -2.40. The molecule has 1 aliphatic carbocycles. The zero-order valence-corrected chi connectivity index (χ0v) is 12.7. The molecule has 2 N–H and O–H groups in total. The molecule has 2 atom stereocenters. The standard InChI is InChI=1S/C18H22NP/c19-17-13-7-8-14-18(17)20(15-9-3-1-4-10-15)16-11-5-2-6-12-16/h1-6,9-12,17-18H,7-8,13-14,19H2/t17-,18+/m1/s1. The van der Waals surface area contributed by atoms with Gasteiger partial charge in [-0.2, -0.15) is 0 Å². The van der Waals surface area contributed by atoms with Crippen molar-refractivity contribution in [3.8, 4) is 0 Å². The first-order valence-corrected chi connectivity index (χ1v) is 8.92. The van der Waals surface area contributed by atoms with Crippen LogP contribution in [-0.2, 0) is 0 Å². The summed E-state index contributed by atoms with van der Waals surface area (Å²) in [6.45, 7) is 0. The van der Waals surface area contributed by atoms with Crippen molar-refractivity contribution in [2.24, 2.45) is 5.73 Å². The molecular formula is C18H22NP. The predicted molar refractivity (Wildman–Crippen MR) is 89.3 cm³/mol. The molecule has 0 radical (unpaired) electrons. The molecule has 20 heavy (non-hydrogen) atoms. The molecule has 0 amide bonds. The Morgan fingerprint density at radius 3 is 1.75 bits per heavy atom. The minimum atomic E-state index is -0.333. The Morgan fingerprint density at radius 2 is 1.25 bits per heavy atom. The topological polar surface area (TPSA) is 26.0 Å². The third kappa shape index (κ3) is 2.95. The van der Waals surface area contributed by atoms with Crippen molar-refractivity contribution in [2.45, 2.75) is 37.4 Å². The van der Waals surface area contributed by atoms with Gasteiger partial charge >= 0.3 is 0 Å². The lowest BCUT2D eigenvalue weighted by Gasteiger charge is -2.36. The Hall–Kier alpha value is -1.17. The van der Waals surface area contributed by atoms with Crippen LogP contribution >= 0.6 is 7.92 Å². The van der Waals surface area contributed by atoms with Crippen molar-refractivity contribution < 1.29 is 0 Å². The lowest BCUT2D eigenvalue weighted by molar-refractivity contribution is 0.450. The van der Waals surface area contributed by atoms with Gasteiger partial charge in [0.1, 0.15) is 0 Å². The van der Waals surface area contributed by atoms with E-state index in [9.17, 15) is 0 Å². The molecule has 1 fully saturated rings. The number of nitrogens with two attached hydrogens (primary N) is 1. The molecule has 1 nitrogen and oxygen atoms in total. The van der Waals surface area contributed by atoms with E-state index in [1.807, 2.05) is 0 Å². The van der Waals surface area contributed by atoms with Gasteiger partial charge in [0.25, 0.3) is 0 Å². The average Bonchev–Trinajstić information content (AvgIpc) is 2.52. The summed E-state index contributed by atoms with van der Waals surface area (Å²) in [7, 11) is -0.333. The van der Waals surface area contributed by atoms with Crippen molar-refractivity contribution in [3.63, 3.8) is 0 Å². The van der Waals surface area contributed by atoms with Gasteiger partial charge in [-0.1, -0.05) is 73.5 Å². The molecule has 1 aliphatic rings. The molecule has 0 saturated heterocycles. The first-order chi connectivity index (χ1) is 9.86. The summed E-state index contributed by atoms with van der Waals surface area (Å²) in [6.07, 6.45) is 5.08. The van der Waals surface area contributed by atoms with Crippen LogP contribution in [0.1, 0.15) is 25.7 Å². The molecule has 3 rings (SSSR count). The van der Waals surface area contributed by atoms with Crippen LogP contribution in [0.4, 0.5) is 0 Å². The van der Waals surface area contributed by atoms with Gasteiger partial charge in [0, 0.05) is 11.7 Å². The van der Waals surface area contributed by atoms with Crippen LogP contribution in [0.25, 0.3) is 0 Å². The minimum Gasteiger partial charge on any atom is -0.327 e. The van der Waals surface area contributed by atoms with Crippen LogP contribution in [0, 0.1) is 0 Å². The van der Waals surface area contributed by atoms with Gasteiger partial charge in [0.2, 0.25) is 0 Å². The smallest absolute Gasteiger partial charge is 0.0113 e. The normalized spacial score (nSPS) is 22.9. The van der Waals surface area contributed by atoms with Crippen molar-refractivity contribution in [3.05, 3.63) is 60.7 Å². The Morgan fingerprint density at radius 1 is 0.750 bits per heavy atom. The summed E-state index contributed by atoms with van der Waals surface area (Å²) in [6, 6.07) is 22.3. The third-order valence-corrected chi connectivity index (χ3v) is 7.20. The molecule has 0 aliphatic heterocycles. The summed E-state index contributed by atoms with van der Waals surface area (Å²) in [5.41, 5.74) is 7.10. The number of hydrogen-bond donors (Lipinski definition) is 1. The summed E-state index contributed by atoms with van der Waals surface area (Å²) < 4.78 is 0. The van der Waals surface area contributed by atoms with Gasteiger partial charge in [-0.05, 0) is 31.4 Å². The third-order valence-electron chi connectivity index (χ3n) is 4.18. The van der Waals surface area contributed by atoms with E-state index < -0.39 is 0 Å². The van der Waals surface area contributed by atoms with Gasteiger partial charge in [-0.25, -0.2) is 0 Å². The van der Waals surface area contributed by atoms with Gasteiger partial charge < -0.3 is 5.73 Å². The van der Waals surface area contributed by atoms with E-state index in [4.69, 9.17) is 5.73 Å². The average molecular weight is 283 g/mol. The fourth-order valence-corrected chi connectivity index (χ4v) is 6.19. The molecule has 0 spiro atoms. The first kappa shape index (κ1) is 13.8. The Labute approximate surface area is 123 Å². The maximum atomic E-state index is 6.47. The summed E-state index contributed by atoms with van der Waals surface area (Å²) in [4.78, 5) is 0. The van der Waals surface area contributed by atoms with Crippen molar-refractivity contribution >= 4 is 18.5 Å². The summed E-state index contributed by atoms with van der Waals surface area (Å²) >= 11 is 0. The van der Waals surface area contributed by atoms with Crippen LogP contribution < -0.4 is 16.3 Å². The van der Waals surface area contributed by atoms with Crippen molar-refractivity contribution in [1.29, 1.82) is 0 Å². The summed E-state index contributed by atoms with van der Waals surface area (Å²) in [5, 5.41) is 2.94. The largest absolute Gasteiger partial charge is 0.327 e. The molecule has 2 heteroatoms. The highest BCUT2D eigenvalue weighted by Gasteiger charge is 2.31. The molecule has 0 bridgehead atoms. The highest BCUT2D eigenvalue weighted by atomic mass is 31.1. The van der Waals surface area contributed by atoms with E-state index in [0.717, 1.165) is 0 Å². The highest BCUT2D eigenvalue weighted by Crippen LogP contribution is 2.45. The molecule has 0 aromatic heterocycles. The predicted octanol–water partition coefficient (Wildman–Crippen LogP) is 3.39. The second-order valence-electron chi connectivity index (χ2n) is 5.56. The van der Waals surface area contributed by atoms with E-state index in [-0.39, 0.29) is 7.92 Å². The molecule has 2 aromatic rings. The second-order valence-corrected chi connectivity index (χ2v) is 7.99.